The van der Waals surface area contributed by atoms with E-state index in [-0.39, 0.29) is 29.8 Å². The number of rotatable bonds is 1. The van der Waals surface area contributed by atoms with Gasteiger partial charge in [-0.2, -0.15) is 0 Å². The van der Waals surface area contributed by atoms with Gasteiger partial charge in [-0.15, -0.1) is 12.4 Å². The summed E-state index contributed by atoms with van der Waals surface area (Å²) in [6.45, 7) is 3.55. The molecule has 2 aliphatic heterocycles. The van der Waals surface area contributed by atoms with Crippen molar-refractivity contribution in [3.63, 3.8) is 0 Å². The number of ether oxygens (including phenoxy) is 1. The first-order valence-electron chi connectivity index (χ1n) is 7.81. The van der Waals surface area contributed by atoms with Gasteiger partial charge in [0.1, 0.15) is 0 Å². The second kappa shape index (κ2) is 5.15. The molecule has 2 heterocycles. The lowest BCUT2D eigenvalue weighted by Gasteiger charge is -2.31. The number of amides is 1. The smallest absolute Gasteiger partial charge is 0.227 e. The largest absolute Gasteiger partial charge is 0.381 e. The summed E-state index contributed by atoms with van der Waals surface area (Å²) in [5.74, 6) is 1.66. The zero-order valence-electron chi connectivity index (χ0n) is 11.9. The Balaban J connectivity index is 0.00000121. The third kappa shape index (κ3) is 2.08. The number of likely N-dealkylation sites (tertiary alicyclic amines) is 1. The van der Waals surface area contributed by atoms with E-state index >= 15 is 0 Å². The predicted molar refractivity (Wildman–Crippen MR) is 78.6 cm³/mol. The van der Waals surface area contributed by atoms with Crippen molar-refractivity contribution >= 4 is 18.3 Å². The van der Waals surface area contributed by atoms with Crippen LogP contribution in [0.5, 0.6) is 0 Å². The van der Waals surface area contributed by atoms with Gasteiger partial charge in [0.2, 0.25) is 5.91 Å². The predicted octanol–water partition coefficient (Wildman–Crippen LogP) is 1.42. The Morgan fingerprint density at radius 2 is 2.05 bits per heavy atom. The molecule has 1 amide bonds. The Morgan fingerprint density at radius 3 is 2.70 bits per heavy atom. The van der Waals surface area contributed by atoms with Crippen molar-refractivity contribution in [2.75, 3.05) is 26.3 Å². The molecular weight excluding hydrogens is 276 g/mol. The maximum atomic E-state index is 12.8. The van der Waals surface area contributed by atoms with Crippen molar-refractivity contribution in [1.82, 2.24) is 4.90 Å². The Kier molecular flexibility index (Phi) is 3.76. The average Bonchev–Trinajstić information content (AvgIpc) is 3.15. The molecule has 0 aromatic carbocycles. The minimum atomic E-state index is 0. The van der Waals surface area contributed by atoms with Crippen LogP contribution in [0.2, 0.25) is 0 Å². The van der Waals surface area contributed by atoms with Gasteiger partial charge in [-0.3, -0.25) is 4.79 Å². The molecule has 0 aromatic heterocycles. The van der Waals surface area contributed by atoms with Crippen molar-refractivity contribution in [3.8, 4) is 0 Å². The Hall–Kier alpha value is -0.320. The number of fused-ring (bicyclic) bond motifs is 2. The summed E-state index contributed by atoms with van der Waals surface area (Å²) in [6, 6.07) is 0.127. The molecule has 20 heavy (non-hydrogen) atoms. The molecule has 2 N–H and O–H groups in total. The molecule has 4 nitrogen and oxygen atoms in total. The number of halogens is 1. The molecule has 2 aliphatic carbocycles. The van der Waals surface area contributed by atoms with E-state index in [0.29, 0.717) is 17.7 Å². The number of carbonyl (C=O) groups is 1. The van der Waals surface area contributed by atoms with E-state index < -0.39 is 0 Å². The fourth-order valence-electron chi connectivity index (χ4n) is 5.01. The third-order valence-electron chi connectivity index (χ3n) is 6.20. The summed E-state index contributed by atoms with van der Waals surface area (Å²) in [5, 5.41) is 0. The Bertz CT molecular complexity index is 395. The van der Waals surface area contributed by atoms with E-state index in [4.69, 9.17) is 10.5 Å². The fourth-order valence-corrected chi connectivity index (χ4v) is 5.01. The standard InChI is InChI=1S/C15H24N2O2.ClH/c16-13-11-2-1-10(7-11)12(13)14(18)17-5-3-15(8-17)4-6-19-9-15;/h10-13H,1-9,16H2;1H. The number of hydrogen-bond acceptors (Lipinski definition) is 3. The minimum absolute atomic E-state index is 0. The lowest BCUT2D eigenvalue weighted by Crippen LogP contribution is -2.47. The summed E-state index contributed by atoms with van der Waals surface area (Å²) in [4.78, 5) is 14.9. The molecule has 4 rings (SSSR count). The number of nitrogens with zero attached hydrogens (tertiary/aromatic N) is 1. The van der Waals surface area contributed by atoms with Crippen LogP contribution < -0.4 is 5.73 Å². The zero-order chi connectivity index (χ0) is 13.0. The van der Waals surface area contributed by atoms with E-state index in [1.807, 2.05) is 0 Å². The molecule has 4 fully saturated rings. The van der Waals surface area contributed by atoms with Crippen LogP contribution in [0.15, 0.2) is 0 Å². The highest BCUT2D eigenvalue weighted by Crippen LogP contribution is 2.49. The van der Waals surface area contributed by atoms with Crippen LogP contribution in [0.1, 0.15) is 32.1 Å². The van der Waals surface area contributed by atoms with Crippen LogP contribution in [-0.4, -0.2) is 43.2 Å². The van der Waals surface area contributed by atoms with Gasteiger partial charge in [0.25, 0.3) is 0 Å². The van der Waals surface area contributed by atoms with Crippen LogP contribution in [0.25, 0.3) is 0 Å². The third-order valence-corrected chi connectivity index (χ3v) is 6.20. The van der Waals surface area contributed by atoms with E-state index in [0.717, 1.165) is 39.1 Å². The maximum Gasteiger partial charge on any atom is 0.227 e. The van der Waals surface area contributed by atoms with Gasteiger partial charge >= 0.3 is 0 Å². The van der Waals surface area contributed by atoms with Crippen LogP contribution in [0, 0.1) is 23.2 Å². The zero-order valence-corrected chi connectivity index (χ0v) is 12.7. The van der Waals surface area contributed by atoms with Gasteiger partial charge < -0.3 is 15.4 Å². The summed E-state index contributed by atoms with van der Waals surface area (Å²) < 4.78 is 5.54. The minimum Gasteiger partial charge on any atom is -0.381 e. The quantitative estimate of drug-likeness (QED) is 0.797. The summed E-state index contributed by atoms with van der Waals surface area (Å²) in [5.41, 5.74) is 6.58. The average molecular weight is 301 g/mol. The molecule has 2 saturated heterocycles. The Labute approximate surface area is 126 Å². The molecule has 5 atom stereocenters. The molecule has 5 unspecified atom stereocenters. The maximum absolute atomic E-state index is 12.8. The molecule has 114 valence electrons. The molecular formula is C15H25ClN2O2. The lowest BCUT2D eigenvalue weighted by molar-refractivity contribution is -0.137. The van der Waals surface area contributed by atoms with Gasteiger partial charge in [0.15, 0.2) is 0 Å². The monoisotopic (exact) mass is 300 g/mol. The van der Waals surface area contributed by atoms with Crippen molar-refractivity contribution in [1.29, 1.82) is 0 Å². The van der Waals surface area contributed by atoms with E-state index in [9.17, 15) is 4.79 Å². The first-order chi connectivity index (χ1) is 9.19. The van der Waals surface area contributed by atoms with E-state index in [2.05, 4.69) is 4.90 Å². The molecule has 2 bridgehead atoms. The Morgan fingerprint density at radius 1 is 1.25 bits per heavy atom. The second-order valence-electron chi connectivity index (χ2n) is 7.25. The summed E-state index contributed by atoms with van der Waals surface area (Å²) in [6.07, 6.45) is 5.90. The topological polar surface area (TPSA) is 55.6 Å². The highest BCUT2D eigenvalue weighted by Gasteiger charge is 2.52. The van der Waals surface area contributed by atoms with Crippen molar-refractivity contribution < 1.29 is 9.53 Å². The van der Waals surface area contributed by atoms with Crippen LogP contribution in [0.3, 0.4) is 0 Å². The fraction of sp³-hybridized carbons (Fsp3) is 0.933. The van der Waals surface area contributed by atoms with Crippen molar-refractivity contribution in [2.24, 2.45) is 28.9 Å². The van der Waals surface area contributed by atoms with Crippen LogP contribution in [-0.2, 0) is 9.53 Å². The van der Waals surface area contributed by atoms with Crippen LogP contribution >= 0.6 is 12.4 Å². The summed E-state index contributed by atoms with van der Waals surface area (Å²) in [7, 11) is 0. The van der Waals surface area contributed by atoms with Crippen molar-refractivity contribution in [2.45, 2.75) is 38.1 Å². The molecule has 2 saturated carbocycles. The molecule has 5 heteroatoms. The van der Waals surface area contributed by atoms with Gasteiger partial charge in [-0.1, -0.05) is 0 Å². The molecule has 4 aliphatic rings. The SMILES string of the molecule is Cl.NC1C2CCC(C2)C1C(=O)N1CCC2(CCOC2)C1. The highest BCUT2D eigenvalue weighted by molar-refractivity contribution is 5.85. The molecule has 1 spiro atoms. The first-order valence-corrected chi connectivity index (χ1v) is 7.81. The van der Waals surface area contributed by atoms with Crippen LogP contribution in [0.4, 0.5) is 0 Å². The number of hydrogen-bond donors (Lipinski definition) is 1. The van der Waals surface area contributed by atoms with E-state index in [1.165, 1.54) is 19.3 Å². The van der Waals surface area contributed by atoms with Gasteiger partial charge in [-0.05, 0) is 43.9 Å². The highest BCUT2D eigenvalue weighted by atomic mass is 35.5. The number of nitrogens with two attached hydrogens (primary N) is 1. The van der Waals surface area contributed by atoms with Gasteiger partial charge in [-0.25, -0.2) is 0 Å². The van der Waals surface area contributed by atoms with Gasteiger partial charge in [0, 0.05) is 31.2 Å². The molecule has 0 aromatic rings. The van der Waals surface area contributed by atoms with E-state index in [1.54, 1.807) is 0 Å². The number of carbonyl (C=O) groups excluding carboxylic acids is 1. The summed E-state index contributed by atoms with van der Waals surface area (Å²) >= 11 is 0. The van der Waals surface area contributed by atoms with Gasteiger partial charge in [0.05, 0.1) is 12.5 Å². The molecule has 0 radical (unpaired) electrons. The van der Waals surface area contributed by atoms with Crippen molar-refractivity contribution in [3.05, 3.63) is 0 Å². The second-order valence-corrected chi connectivity index (χ2v) is 7.25. The lowest BCUT2D eigenvalue weighted by atomic mass is 9.83. The normalized spacial score (nSPS) is 46.1. The first kappa shape index (κ1) is 14.6.